The highest BCUT2D eigenvalue weighted by Gasteiger charge is 2.28. The quantitative estimate of drug-likeness (QED) is 0.800. The lowest BCUT2D eigenvalue weighted by atomic mass is 9.99. The van der Waals surface area contributed by atoms with Gasteiger partial charge in [-0.3, -0.25) is 0 Å². The highest BCUT2D eigenvalue weighted by Crippen LogP contribution is 2.29. The van der Waals surface area contributed by atoms with E-state index in [0.29, 0.717) is 13.0 Å². The molecule has 0 amide bonds. The van der Waals surface area contributed by atoms with Crippen LogP contribution in [0.2, 0.25) is 0 Å². The first kappa shape index (κ1) is 11.7. The Morgan fingerprint density at radius 1 is 1.27 bits per heavy atom. The normalized spacial score (nSPS) is 33.4. The van der Waals surface area contributed by atoms with Crippen LogP contribution in [0.4, 0.5) is 0 Å². The SMILES string of the molecule is OCCC1COC(CC2CCSCC2)O1. The zero-order valence-electron chi connectivity index (χ0n) is 9.06. The van der Waals surface area contributed by atoms with Crippen molar-refractivity contribution in [1.29, 1.82) is 0 Å². The highest BCUT2D eigenvalue weighted by molar-refractivity contribution is 7.99. The van der Waals surface area contributed by atoms with Crippen molar-refractivity contribution in [3.8, 4) is 0 Å². The number of rotatable bonds is 4. The van der Waals surface area contributed by atoms with Crippen molar-refractivity contribution in [3.05, 3.63) is 0 Å². The lowest BCUT2D eigenvalue weighted by Gasteiger charge is -2.23. The van der Waals surface area contributed by atoms with Crippen LogP contribution in [-0.2, 0) is 9.47 Å². The van der Waals surface area contributed by atoms with Gasteiger partial charge >= 0.3 is 0 Å². The molecule has 2 rings (SSSR count). The maximum atomic E-state index is 8.80. The Labute approximate surface area is 95.5 Å². The Balaban J connectivity index is 1.67. The first-order valence-corrected chi connectivity index (χ1v) is 6.99. The molecule has 0 aliphatic carbocycles. The molecule has 0 aromatic heterocycles. The molecule has 2 fully saturated rings. The van der Waals surface area contributed by atoms with Crippen LogP contribution in [0.15, 0.2) is 0 Å². The van der Waals surface area contributed by atoms with Crippen LogP contribution < -0.4 is 0 Å². The summed E-state index contributed by atoms with van der Waals surface area (Å²) in [4.78, 5) is 0. The smallest absolute Gasteiger partial charge is 0.158 e. The summed E-state index contributed by atoms with van der Waals surface area (Å²) >= 11 is 2.05. The molecule has 0 radical (unpaired) electrons. The fourth-order valence-corrected chi connectivity index (χ4v) is 3.39. The third kappa shape index (κ3) is 3.63. The Bertz CT molecular complexity index is 183. The molecular weight excluding hydrogens is 212 g/mol. The molecule has 2 aliphatic heterocycles. The highest BCUT2D eigenvalue weighted by atomic mass is 32.2. The van der Waals surface area contributed by atoms with E-state index in [-0.39, 0.29) is 19.0 Å². The van der Waals surface area contributed by atoms with Gasteiger partial charge in [0.25, 0.3) is 0 Å². The number of ether oxygens (including phenoxy) is 2. The van der Waals surface area contributed by atoms with Crippen molar-refractivity contribution in [3.63, 3.8) is 0 Å². The van der Waals surface area contributed by atoms with E-state index < -0.39 is 0 Å². The second-order valence-corrected chi connectivity index (χ2v) is 5.55. The summed E-state index contributed by atoms with van der Waals surface area (Å²) in [5.74, 6) is 3.36. The third-order valence-electron chi connectivity index (χ3n) is 3.13. The van der Waals surface area contributed by atoms with Crippen molar-refractivity contribution in [1.82, 2.24) is 0 Å². The molecule has 2 unspecified atom stereocenters. The second kappa shape index (κ2) is 6.09. The molecule has 2 saturated heterocycles. The van der Waals surface area contributed by atoms with E-state index >= 15 is 0 Å². The van der Waals surface area contributed by atoms with Crippen molar-refractivity contribution in [2.45, 2.75) is 38.1 Å². The molecule has 0 aromatic carbocycles. The van der Waals surface area contributed by atoms with Crippen molar-refractivity contribution < 1.29 is 14.6 Å². The Morgan fingerprint density at radius 2 is 2.07 bits per heavy atom. The van der Waals surface area contributed by atoms with E-state index in [1.165, 1.54) is 24.3 Å². The maximum absolute atomic E-state index is 8.80. The summed E-state index contributed by atoms with van der Waals surface area (Å²) < 4.78 is 11.3. The zero-order chi connectivity index (χ0) is 10.5. The monoisotopic (exact) mass is 232 g/mol. The molecule has 88 valence electrons. The van der Waals surface area contributed by atoms with Gasteiger partial charge in [-0.05, 0) is 36.7 Å². The lowest BCUT2D eigenvalue weighted by Crippen LogP contribution is -2.19. The van der Waals surface area contributed by atoms with Crippen molar-refractivity contribution in [2.24, 2.45) is 5.92 Å². The van der Waals surface area contributed by atoms with E-state index in [1.807, 2.05) is 0 Å². The van der Waals surface area contributed by atoms with Crippen LogP contribution >= 0.6 is 11.8 Å². The van der Waals surface area contributed by atoms with E-state index in [9.17, 15) is 0 Å². The zero-order valence-corrected chi connectivity index (χ0v) is 9.88. The van der Waals surface area contributed by atoms with Crippen molar-refractivity contribution >= 4 is 11.8 Å². The lowest BCUT2D eigenvalue weighted by molar-refractivity contribution is -0.0741. The minimum absolute atomic E-state index is 0.00495. The largest absolute Gasteiger partial charge is 0.396 e. The molecule has 0 bridgehead atoms. The van der Waals surface area contributed by atoms with Gasteiger partial charge in [0.15, 0.2) is 6.29 Å². The van der Waals surface area contributed by atoms with Gasteiger partial charge in [0.05, 0.1) is 12.7 Å². The molecule has 2 heterocycles. The van der Waals surface area contributed by atoms with Gasteiger partial charge in [-0.1, -0.05) is 0 Å². The minimum atomic E-state index is -0.00495. The summed E-state index contributed by atoms with van der Waals surface area (Å²) in [5, 5.41) is 8.80. The van der Waals surface area contributed by atoms with Gasteiger partial charge in [0.1, 0.15) is 0 Å². The fraction of sp³-hybridized carbons (Fsp3) is 1.00. The molecule has 1 N–H and O–H groups in total. The molecule has 0 spiro atoms. The predicted molar refractivity (Wildman–Crippen MR) is 61.0 cm³/mol. The maximum Gasteiger partial charge on any atom is 0.158 e. The van der Waals surface area contributed by atoms with Crippen LogP contribution in [0, 0.1) is 5.92 Å². The van der Waals surface area contributed by atoms with E-state index in [2.05, 4.69) is 11.8 Å². The summed E-state index contributed by atoms with van der Waals surface area (Å²) in [7, 11) is 0. The van der Waals surface area contributed by atoms with Crippen LogP contribution in [-0.4, -0.2) is 42.2 Å². The average molecular weight is 232 g/mol. The van der Waals surface area contributed by atoms with Crippen molar-refractivity contribution in [2.75, 3.05) is 24.7 Å². The minimum Gasteiger partial charge on any atom is -0.396 e. The summed E-state index contributed by atoms with van der Waals surface area (Å²) in [6, 6.07) is 0. The average Bonchev–Trinajstić information content (AvgIpc) is 2.68. The molecule has 2 aliphatic rings. The molecule has 4 heteroatoms. The third-order valence-corrected chi connectivity index (χ3v) is 4.18. The number of hydrogen-bond acceptors (Lipinski definition) is 4. The van der Waals surface area contributed by atoms with Gasteiger partial charge in [-0.25, -0.2) is 0 Å². The number of hydrogen-bond donors (Lipinski definition) is 1. The number of aliphatic hydroxyl groups is 1. The van der Waals surface area contributed by atoms with Gasteiger partial charge in [-0.2, -0.15) is 11.8 Å². The van der Waals surface area contributed by atoms with E-state index in [1.54, 1.807) is 0 Å². The molecule has 15 heavy (non-hydrogen) atoms. The number of aliphatic hydroxyl groups excluding tert-OH is 1. The fourth-order valence-electron chi connectivity index (χ4n) is 2.18. The molecular formula is C11H20O3S. The summed E-state index contributed by atoms with van der Waals surface area (Å²) in [6.45, 7) is 0.855. The first-order chi connectivity index (χ1) is 7.38. The molecule has 2 atom stereocenters. The molecule has 0 aromatic rings. The van der Waals surface area contributed by atoms with Crippen LogP contribution in [0.1, 0.15) is 25.7 Å². The molecule has 0 saturated carbocycles. The van der Waals surface area contributed by atoms with Gasteiger partial charge in [0.2, 0.25) is 0 Å². The number of thioether (sulfide) groups is 1. The predicted octanol–water partition coefficient (Wildman–Crippen LogP) is 1.64. The van der Waals surface area contributed by atoms with Gasteiger partial charge in [0, 0.05) is 13.0 Å². The van der Waals surface area contributed by atoms with Crippen LogP contribution in [0.5, 0.6) is 0 Å². The second-order valence-electron chi connectivity index (χ2n) is 4.32. The van der Waals surface area contributed by atoms with Gasteiger partial charge in [-0.15, -0.1) is 0 Å². The van der Waals surface area contributed by atoms with Gasteiger partial charge < -0.3 is 14.6 Å². The van der Waals surface area contributed by atoms with E-state index in [0.717, 1.165) is 12.3 Å². The van der Waals surface area contributed by atoms with E-state index in [4.69, 9.17) is 14.6 Å². The summed E-state index contributed by atoms with van der Waals surface area (Å²) in [5.41, 5.74) is 0. The topological polar surface area (TPSA) is 38.7 Å². The van der Waals surface area contributed by atoms with Crippen LogP contribution in [0.25, 0.3) is 0 Å². The standard InChI is InChI=1S/C11H20O3S/c12-4-1-10-8-13-11(14-10)7-9-2-5-15-6-3-9/h9-12H,1-8H2. The summed E-state index contributed by atoms with van der Waals surface area (Å²) in [6.07, 6.45) is 4.48. The Hall–Kier alpha value is 0.230. The van der Waals surface area contributed by atoms with Crippen LogP contribution in [0.3, 0.4) is 0 Å². The Morgan fingerprint density at radius 3 is 2.80 bits per heavy atom. The first-order valence-electron chi connectivity index (χ1n) is 5.84. The molecule has 3 nitrogen and oxygen atoms in total. The Kier molecular flexibility index (Phi) is 4.75.